The number of nitrogens with zero attached hydrogens (tertiary/aromatic N) is 3. The number of carbonyl (C=O) groups excluding carboxylic acids is 1. The van der Waals surface area contributed by atoms with E-state index in [0.717, 1.165) is 35.7 Å². The minimum Gasteiger partial charge on any atom is -0.378 e. The van der Waals surface area contributed by atoms with Gasteiger partial charge in [-0.2, -0.15) is 0 Å². The van der Waals surface area contributed by atoms with Crippen molar-refractivity contribution >= 4 is 17.4 Å². The first kappa shape index (κ1) is 18.1. The van der Waals surface area contributed by atoms with Gasteiger partial charge in [0.05, 0.1) is 13.2 Å². The normalized spacial score (nSPS) is 14.0. The van der Waals surface area contributed by atoms with E-state index in [1.165, 1.54) is 0 Å². The van der Waals surface area contributed by atoms with Crippen LogP contribution in [0.2, 0.25) is 0 Å². The van der Waals surface area contributed by atoms with Crippen LogP contribution in [-0.2, 0) is 4.74 Å². The summed E-state index contributed by atoms with van der Waals surface area (Å²) in [6, 6.07) is 19.2. The summed E-state index contributed by atoms with van der Waals surface area (Å²) in [5.41, 5.74) is 3.05. The third-order valence-corrected chi connectivity index (χ3v) is 4.59. The lowest BCUT2D eigenvalue weighted by Crippen LogP contribution is -2.37. The predicted molar refractivity (Wildman–Crippen MR) is 110 cm³/mol. The lowest BCUT2D eigenvalue weighted by molar-refractivity contribution is 0.102. The molecule has 1 aliphatic heterocycles. The van der Waals surface area contributed by atoms with Crippen molar-refractivity contribution in [2.45, 2.75) is 6.92 Å². The van der Waals surface area contributed by atoms with Gasteiger partial charge in [0, 0.05) is 30.4 Å². The quantitative estimate of drug-likeness (QED) is 0.757. The number of aryl methyl sites for hydroxylation is 1. The van der Waals surface area contributed by atoms with E-state index in [1.54, 1.807) is 6.07 Å². The van der Waals surface area contributed by atoms with E-state index in [4.69, 9.17) is 9.72 Å². The van der Waals surface area contributed by atoms with Crippen molar-refractivity contribution < 1.29 is 9.53 Å². The Labute approximate surface area is 164 Å². The van der Waals surface area contributed by atoms with Crippen molar-refractivity contribution in [3.63, 3.8) is 0 Å². The highest BCUT2D eigenvalue weighted by Crippen LogP contribution is 2.22. The molecule has 0 unspecified atom stereocenters. The van der Waals surface area contributed by atoms with Gasteiger partial charge in [-0.15, -0.1) is 0 Å². The minimum atomic E-state index is -0.250. The number of amides is 1. The fourth-order valence-corrected chi connectivity index (χ4v) is 3.14. The van der Waals surface area contributed by atoms with Crippen molar-refractivity contribution in [3.8, 4) is 11.4 Å². The maximum Gasteiger partial charge on any atom is 0.274 e. The van der Waals surface area contributed by atoms with Crippen LogP contribution in [0, 0.1) is 6.92 Å². The molecule has 4 rings (SSSR count). The number of hydrogen-bond acceptors (Lipinski definition) is 5. The molecule has 0 aliphatic carbocycles. The fourth-order valence-electron chi connectivity index (χ4n) is 3.14. The molecule has 1 fully saturated rings. The van der Waals surface area contributed by atoms with Crippen LogP contribution in [0.4, 0.5) is 11.5 Å². The zero-order valence-electron chi connectivity index (χ0n) is 15.8. The average molecular weight is 374 g/mol. The molecule has 2 aromatic carbocycles. The Hall–Kier alpha value is -3.25. The number of hydrogen-bond donors (Lipinski definition) is 1. The second-order valence-electron chi connectivity index (χ2n) is 6.72. The third kappa shape index (κ3) is 4.18. The summed E-state index contributed by atoms with van der Waals surface area (Å²) in [4.78, 5) is 24.3. The van der Waals surface area contributed by atoms with Gasteiger partial charge in [0.2, 0.25) is 0 Å². The molecule has 142 valence electrons. The molecular weight excluding hydrogens is 352 g/mol. The lowest BCUT2D eigenvalue weighted by Gasteiger charge is -2.28. The van der Waals surface area contributed by atoms with Gasteiger partial charge in [-0.25, -0.2) is 9.97 Å². The summed E-state index contributed by atoms with van der Waals surface area (Å²) in [7, 11) is 0. The summed E-state index contributed by atoms with van der Waals surface area (Å²) < 4.78 is 5.44. The molecule has 0 bridgehead atoms. The summed E-state index contributed by atoms with van der Waals surface area (Å²) >= 11 is 0. The monoisotopic (exact) mass is 374 g/mol. The van der Waals surface area contributed by atoms with Gasteiger partial charge in [0.1, 0.15) is 11.5 Å². The molecule has 6 nitrogen and oxygen atoms in total. The zero-order valence-corrected chi connectivity index (χ0v) is 15.8. The Bertz CT molecular complexity index is 969. The number of rotatable bonds is 4. The number of nitrogens with one attached hydrogen (secondary N) is 1. The van der Waals surface area contributed by atoms with E-state index < -0.39 is 0 Å². The maximum absolute atomic E-state index is 12.9. The number of aromatic nitrogens is 2. The van der Waals surface area contributed by atoms with Crippen LogP contribution in [0.1, 0.15) is 16.1 Å². The Morgan fingerprint density at radius 3 is 2.54 bits per heavy atom. The standard InChI is InChI=1S/C22H22N4O2/c1-16-6-5-9-18(14-16)23-22(27)19-15-20(26-10-12-28-13-11-26)25-21(24-19)17-7-3-2-4-8-17/h2-9,14-15H,10-13H2,1H3,(H,23,27). The van der Waals surface area contributed by atoms with Crippen LogP contribution in [0.15, 0.2) is 60.7 Å². The zero-order chi connectivity index (χ0) is 19.3. The van der Waals surface area contributed by atoms with Crippen molar-refractivity contribution in [2.75, 3.05) is 36.5 Å². The number of anilines is 2. The van der Waals surface area contributed by atoms with E-state index >= 15 is 0 Å². The van der Waals surface area contributed by atoms with E-state index in [-0.39, 0.29) is 5.91 Å². The summed E-state index contributed by atoms with van der Waals surface area (Å²) in [5, 5.41) is 2.94. The molecule has 6 heteroatoms. The molecular formula is C22H22N4O2. The van der Waals surface area contributed by atoms with Gasteiger partial charge in [-0.05, 0) is 24.6 Å². The van der Waals surface area contributed by atoms with Crippen molar-refractivity contribution in [1.29, 1.82) is 0 Å². The molecule has 1 aromatic heterocycles. The predicted octanol–water partition coefficient (Wildman–Crippen LogP) is 3.54. The Kier molecular flexibility index (Phi) is 5.30. The van der Waals surface area contributed by atoms with Crippen molar-refractivity contribution in [2.24, 2.45) is 0 Å². The van der Waals surface area contributed by atoms with Gasteiger partial charge in [-0.3, -0.25) is 4.79 Å². The number of ether oxygens (including phenoxy) is 1. The molecule has 1 saturated heterocycles. The Morgan fingerprint density at radius 1 is 1.00 bits per heavy atom. The van der Waals surface area contributed by atoms with E-state index in [9.17, 15) is 4.79 Å². The van der Waals surface area contributed by atoms with Crippen molar-refractivity contribution in [3.05, 3.63) is 71.9 Å². The van der Waals surface area contributed by atoms with Gasteiger partial charge >= 0.3 is 0 Å². The fraction of sp³-hybridized carbons (Fsp3) is 0.227. The number of morpholine rings is 1. The summed E-state index contributed by atoms with van der Waals surface area (Å²) in [5.74, 6) is 1.03. The van der Waals surface area contributed by atoms with Crippen molar-refractivity contribution in [1.82, 2.24) is 9.97 Å². The van der Waals surface area contributed by atoms with E-state index in [2.05, 4.69) is 15.2 Å². The molecule has 28 heavy (non-hydrogen) atoms. The first-order valence-electron chi connectivity index (χ1n) is 9.34. The number of carbonyl (C=O) groups is 1. The smallest absolute Gasteiger partial charge is 0.274 e. The highest BCUT2D eigenvalue weighted by Gasteiger charge is 2.18. The second-order valence-corrected chi connectivity index (χ2v) is 6.72. The van der Waals surface area contributed by atoms with Gasteiger partial charge in [-0.1, -0.05) is 42.5 Å². The highest BCUT2D eigenvalue weighted by atomic mass is 16.5. The largest absolute Gasteiger partial charge is 0.378 e. The van der Waals surface area contributed by atoms with Crippen LogP contribution in [0.3, 0.4) is 0 Å². The topological polar surface area (TPSA) is 67.4 Å². The molecule has 0 radical (unpaired) electrons. The molecule has 2 heterocycles. The van der Waals surface area contributed by atoms with E-state index in [1.807, 2.05) is 61.5 Å². The molecule has 0 atom stereocenters. The molecule has 1 aliphatic rings. The summed E-state index contributed by atoms with van der Waals surface area (Å²) in [6.45, 7) is 4.77. The first-order valence-corrected chi connectivity index (χ1v) is 9.34. The van der Waals surface area contributed by atoms with Gasteiger partial charge in [0.25, 0.3) is 5.91 Å². The van der Waals surface area contributed by atoms with Crippen LogP contribution in [0.5, 0.6) is 0 Å². The molecule has 0 saturated carbocycles. The Balaban J connectivity index is 1.69. The Morgan fingerprint density at radius 2 is 1.79 bits per heavy atom. The lowest BCUT2D eigenvalue weighted by atomic mass is 10.2. The SMILES string of the molecule is Cc1cccc(NC(=O)c2cc(N3CCOCC3)nc(-c3ccccc3)n2)c1. The van der Waals surface area contributed by atoms with E-state index in [0.29, 0.717) is 24.7 Å². The third-order valence-electron chi connectivity index (χ3n) is 4.59. The first-order chi connectivity index (χ1) is 13.7. The number of benzene rings is 2. The summed E-state index contributed by atoms with van der Waals surface area (Å²) in [6.07, 6.45) is 0. The minimum absolute atomic E-state index is 0.250. The van der Waals surface area contributed by atoms with Crippen LogP contribution >= 0.6 is 0 Å². The molecule has 0 spiro atoms. The second kappa shape index (κ2) is 8.19. The van der Waals surface area contributed by atoms with Gasteiger partial charge in [0.15, 0.2) is 5.82 Å². The molecule has 1 N–H and O–H groups in total. The molecule has 1 amide bonds. The van der Waals surface area contributed by atoms with Gasteiger partial charge < -0.3 is 15.0 Å². The van der Waals surface area contributed by atoms with Crippen LogP contribution in [-0.4, -0.2) is 42.2 Å². The van der Waals surface area contributed by atoms with Crippen LogP contribution in [0.25, 0.3) is 11.4 Å². The maximum atomic E-state index is 12.9. The van der Waals surface area contributed by atoms with Crippen LogP contribution < -0.4 is 10.2 Å². The molecule has 3 aromatic rings. The average Bonchev–Trinajstić information content (AvgIpc) is 2.75. The highest BCUT2D eigenvalue weighted by molar-refractivity contribution is 6.03.